The number of allylic oxidation sites excluding steroid dienone is 8. The SMILES string of the molecule is CCCCC1=CC(C(CC)(CC)C2=CCC(CCCC)=C2)C=C1. The van der Waals surface area contributed by atoms with E-state index in [-0.39, 0.29) is 0 Å². The first-order valence-corrected chi connectivity index (χ1v) is 9.99. The van der Waals surface area contributed by atoms with Crippen molar-refractivity contribution in [2.24, 2.45) is 11.3 Å². The lowest BCUT2D eigenvalue weighted by molar-refractivity contribution is 0.280. The van der Waals surface area contributed by atoms with E-state index in [9.17, 15) is 0 Å². The molecule has 2 aliphatic rings. The summed E-state index contributed by atoms with van der Waals surface area (Å²) in [6.45, 7) is 9.34. The summed E-state index contributed by atoms with van der Waals surface area (Å²) in [6, 6.07) is 0. The Hall–Kier alpha value is -1.04. The van der Waals surface area contributed by atoms with Gasteiger partial charge in [-0.15, -0.1) is 0 Å². The summed E-state index contributed by atoms with van der Waals surface area (Å²) in [5, 5.41) is 0. The van der Waals surface area contributed by atoms with Crippen LogP contribution in [0.2, 0.25) is 0 Å². The first kappa shape index (κ1) is 18.3. The van der Waals surface area contributed by atoms with Gasteiger partial charge in [0.25, 0.3) is 0 Å². The summed E-state index contributed by atoms with van der Waals surface area (Å²) < 4.78 is 0. The van der Waals surface area contributed by atoms with E-state index in [1.54, 1.807) is 16.7 Å². The summed E-state index contributed by atoms with van der Waals surface area (Å²) in [7, 11) is 0. The Bertz CT molecular complexity index is 494. The van der Waals surface area contributed by atoms with Crippen LogP contribution >= 0.6 is 0 Å². The van der Waals surface area contributed by atoms with Crippen molar-refractivity contribution in [1.82, 2.24) is 0 Å². The molecule has 0 bridgehead atoms. The van der Waals surface area contributed by atoms with E-state index in [1.807, 2.05) is 0 Å². The van der Waals surface area contributed by atoms with Gasteiger partial charge in [-0.3, -0.25) is 0 Å². The van der Waals surface area contributed by atoms with Crippen LogP contribution in [0.3, 0.4) is 0 Å². The minimum absolute atomic E-state index is 0.318. The zero-order valence-electron chi connectivity index (χ0n) is 15.8. The maximum absolute atomic E-state index is 2.57. The number of hydrogen-bond acceptors (Lipinski definition) is 0. The lowest BCUT2D eigenvalue weighted by atomic mass is 9.66. The van der Waals surface area contributed by atoms with Gasteiger partial charge in [0.15, 0.2) is 0 Å². The molecule has 0 heterocycles. The van der Waals surface area contributed by atoms with Crippen LogP contribution in [0.5, 0.6) is 0 Å². The maximum atomic E-state index is 2.57. The number of rotatable bonds is 10. The van der Waals surface area contributed by atoms with Crippen LogP contribution in [0.25, 0.3) is 0 Å². The van der Waals surface area contributed by atoms with Crippen LogP contribution in [-0.2, 0) is 0 Å². The summed E-state index contributed by atoms with van der Waals surface area (Å²) in [6.07, 6.45) is 24.0. The fraction of sp³-hybridized carbons (Fsp3) is 0.652. The van der Waals surface area contributed by atoms with Crippen molar-refractivity contribution in [2.75, 3.05) is 0 Å². The first-order valence-electron chi connectivity index (χ1n) is 9.99. The van der Waals surface area contributed by atoms with Gasteiger partial charge in [0, 0.05) is 11.3 Å². The predicted octanol–water partition coefficient (Wildman–Crippen LogP) is 7.54. The Morgan fingerprint density at radius 2 is 1.70 bits per heavy atom. The lowest BCUT2D eigenvalue weighted by Crippen LogP contribution is -2.28. The minimum Gasteiger partial charge on any atom is -0.0766 e. The third-order valence-corrected chi connectivity index (χ3v) is 6.00. The van der Waals surface area contributed by atoms with Crippen molar-refractivity contribution in [3.63, 3.8) is 0 Å². The monoisotopic (exact) mass is 312 g/mol. The smallest absolute Gasteiger partial charge is 0.00523 e. The van der Waals surface area contributed by atoms with E-state index in [2.05, 4.69) is 58.1 Å². The molecule has 0 aromatic carbocycles. The van der Waals surface area contributed by atoms with E-state index >= 15 is 0 Å². The first-order chi connectivity index (χ1) is 11.2. The fourth-order valence-electron chi connectivity index (χ4n) is 4.29. The third-order valence-electron chi connectivity index (χ3n) is 6.00. The Labute approximate surface area is 144 Å². The highest BCUT2D eigenvalue weighted by Gasteiger charge is 2.38. The largest absolute Gasteiger partial charge is 0.0766 e. The molecule has 0 saturated heterocycles. The molecule has 0 aliphatic heterocycles. The quantitative estimate of drug-likeness (QED) is 0.391. The van der Waals surface area contributed by atoms with Gasteiger partial charge < -0.3 is 0 Å². The van der Waals surface area contributed by atoms with Gasteiger partial charge >= 0.3 is 0 Å². The van der Waals surface area contributed by atoms with Crippen molar-refractivity contribution < 1.29 is 0 Å². The second-order valence-electron chi connectivity index (χ2n) is 7.36. The van der Waals surface area contributed by atoms with Crippen molar-refractivity contribution in [1.29, 1.82) is 0 Å². The van der Waals surface area contributed by atoms with Gasteiger partial charge in [0.1, 0.15) is 0 Å². The molecule has 1 atom stereocenters. The molecule has 128 valence electrons. The number of hydrogen-bond donors (Lipinski definition) is 0. The Balaban J connectivity index is 2.16. The average molecular weight is 313 g/mol. The highest BCUT2D eigenvalue weighted by atomic mass is 14.4. The van der Waals surface area contributed by atoms with Gasteiger partial charge in [-0.1, -0.05) is 82.1 Å². The van der Waals surface area contributed by atoms with Crippen LogP contribution in [-0.4, -0.2) is 0 Å². The van der Waals surface area contributed by atoms with Crippen LogP contribution in [0.15, 0.2) is 47.1 Å². The minimum atomic E-state index is 0.318. The van der Waals surface area contributed by atoms with Crippen molar-refractivity contribution in [2.45, 2.75) is 85.5 Å². The fourth-order valence-corrected chi connectivity index (χ4v) is 4.29. The normalized spacial score (nSPS) is 20.7. The average Bonchev–Trinajstić information content (AvgIpc) is 3.23. The topological polar surface area (TPSA) is 0 Å². The maximum Gasteiger partial charge on any atom is 0.00523 e. The third kappa shape index (κ3) is 4.08. The summed E-state index contributed by atoms with van der Waals surface area (Å²) in [4.78, 5) is 0. The lowest BCUT2D eigenvalue weighted by Gasteiger charge is -2.37. The molecule has 0 radical (unpaired) electrons. The second kappa shape index (κ2) is 8.71. The molecule has 1 unspecified atom stereocenters. The molecule has 0 amide bonds. The van der Waals surface area contributed by atoms with Crippen molar-refractivity contribution >= 4 is 0 Å². The molecule has 2 aliphatic carbocycles. The molecule has 0 aromatic heterocycles. The molecule has 0 N–H and O–H groups in total. The molecule has 0 heteroatoms. The molecule has 0 nitrogen and oxygen atoms in total. The molecule has 23 heavy (non-hydrogen) atoms. The Morgan fingerprint density at radius 1 is 1.00 bits per heavy atom. The molecule has 0 fully saturated rings. The van der Waals surface area contributed by atoms with Crippen LogP contribution in [0, 0.1) is 11.3 Å². The highest BCUT2D eigenvalue weighted by molar-refractivity contribution is 5.42. The standard InChI is InChI=1S/C23H36/c1-5-9-11-19-13-15-21(17-19)23(7-3,8-4)22-16-14-20(18-22)12-10-6-2/h13,15-18,21H,5-12,14H2,1-4H3. The van der Waals surface area contributed by atoms with E-state index in [1.165, 1.54) is 57.8 Å². The van der Waals surface area contributed by atoms with Gasteiger partial charge in [-0.25, -0.2) is 0 Å². The van der Waals surface area contributed by atoms with Gasteiger partial charge in [-0.05, 0) is 50.5 Å². The van der Waals surface area contributed by atoms with E-state index < -0.39 is 0 Å². The van der Waals surface area contributed by atoms with E-state index in [0.29, 0.717) is 11.3 Å². The van der Waals surface area contributed by atoms with Gasteiger partial charge in [-0.2, -0.15) is 0 Å². The second-order valence-corrected chi connectivity index (χ2v) is 7.36. The van der Waals surface area contributed by atoms with Gasteiger partial charge in [0.2, 0.25) is 0 Å². The zero-order chi connectivity index (χ0) is 16.7. The summed E-state index contributed by atoms with van der Waals surface area (Å²) in [5.74, 6) is 0.595. The highest BCUT2D eigenvalue weighted by Crippen LogP contribution is 2.49. The molecular weight excluding hydrogens is 276 g/mol. The summed E-state index contributed by atoms with van der Waals surface area (Å²) in [5.41, 5.74) is 5.16. The molecule has 0 spiro atoms. The Kier molecular flexibility index (Phi) is 6.93. The Morgan fingerprint density at radius 3 is 2.35 bits per heavy atom. The molecule has 2 rings (SSSR count). The number of unbranched alkanes of at least 4 members (excludes halogenated alkanes) is 2. The van der Waals surface area contributed by atoms with E-state index in [0.717, 1.165) is 0 Å². The zero-order valence-corrected chi connectivity index (χ0v) is 15.8. The van der Waals surface area contributed by atoms with Crippen molar-refractivity contribution in [3.05, 3.63) is 47.1 Å². The molecular formula is C23H36. The van der Waals surface area contributed by atoms with E-state index in [4.69, 9.17) is 0 Å². The molecule has 0 saturated carbocycles. The van der Waals surface area contributed by atoms with Crippen LogP contribution in [0.1, 0.15) is 85.5 Å². The summed E-state index contributed by atoms with van der Waals surface area (Å²) >= 11 is 0. The van der Waals surface area contributed by atoms with Crippen molar-refractivity contribution in [3.8, 4) is 0 Å². The van der Waals surface area contributed by atoms with Crippen LogP contribution in [0.4, 0.5) is 0 Å². The van der Waals surface area contributed by atoms with Gasteiger partial charge in [0.05, 0.1) is 0 Å². The van der Waals surface area contributed by atoms with Crippen LogP contribution < -0.4 is 0 Å². The predicted molar refractivity (Wildman–Crippen MR) is 104 cm³/mol. The molecule has 0 aromatic rings.